The molecular formula is C11H11N3O2S. The van der Waals surface area contributed by atoms with E-state index in [0.717, 1.165) is 16.8 Å². The largest absolute Gasteiger partial charge is 0.341 e. The lowest BCUT2D eigenvalue weighted by molar-refractivity contribution is -0.122. The Hall–Kier alpha value is -1.66. The number of thiophene rings is 1. The average Bonchev–Trinajstić information content (AvgIpc) is 3.00. The molecule has 1 amide bonds. The van der Waals surface area contributed by atoms with Gasteiger partial charge < -0.3 is 10.1 Å². The van der Waals surface area contributed by atoms with Crippen molar-refractivity contribution in [1.82, 2.24) is 15.5 Å². The summed E-state index contributed by atoms with van der Waals surface area (Å²) in [4.78, 5) is 11.4. The maximum absolute atomic E-state index is 11.4. The molecule has 3 rings (SSSR count). The highest BCUT2D eigenvalue weighted by Crippen LogP contribution is 2.30. The quantitative estimate of drug-likeness (QED) is 0.850. The molecule has 5 nitrogen and oxygen atoms in total. The minimum absolute atomic E-state index is 0.0903. The van der Waals surface area contributed by atoms with Crippen LogP contribution in [-0.2, 0) is 9.53 Å². The molecule has 0 spiro atoms. The van der Waals surface area contributed by atoms with E-state index in [-0.39, 0.29) is 5.91 Å². The highest BCUT2D eigenvalue weighted by molar-refractivity contribution is 7.08. The fourth-order valence-corrected chi connectivity index (χ4v) is 2.48. The molecule has 0 saturated carbocycles. The zero-order valence-electron chi connectivity index (χ0n) is 9.14. The Kier molecular flexibility index (Phi) is 2.45. The maximum atomic E-state index is 11.4. The van der Waals surface area contributed by atoms with E-state index in [9.17, 15) is 4.79 Å². The first-order chi connectivity index (χ1) is 8.25. The minimum atomic E-state index is -0.412. The third-order valence-electron chi connectivity index (χ3n) is 2.74. The topological polar surface area (TPSA) is 67.0 Å². The summed E-state index contributed by atoms with van der Waals surface area (Å²) in [5.74, 6) is -0.0903. The number of H-pyrrole nitrogens is 1. The SMILES string of the molecule is CC1OC(c2cn[nH]c2-c2ccsc2)NC1=O. The molecule has 0 aromatic carbocycles. The van der Waals surface area contributed by atoms with E-state index in [1.54, 1.807) is 24.5 Å². The van der Waals surface area contributed by atoms with E-state index < -0.39 is 12.3 Å². The summed E-state index contributed by atoms with van der Waals surface area (Å²) in [6.07, 6.45) is 0.868. The van der Waals surface area contributed by atoms with Gasteiger partial charge in [0, 0.05) is 16.5 Å². The highest BCUT2D eigenvalue weighted by atomic mass is 32.1. The van der Waals surface area contributed by atoms with Gasteiger partial charge >= 0.3 is 0 Å². The molecule has 1 aliphatic rings. The van der Waals surface area contributed by atoms with Crippen molar-refractivity contribution in [2.75, 3.05) is 0 Å². The van der Waals surface area contributed by atoms with E-state index in [0.29, 0.717) is 0 Å². The van der Waals surface area contributed by atoms with E-state index in [1.165, 1.54) is 0 Å². The molecule has 1 aliphatic heterocycles. The Morgan fingerprint density at radius 1 is 1.53 bits per heavy atom. The summed E-state index contributed by atoms with van der Waals surface area (Å²) in [6, 6.07) is 2.00. The van der Waals surface area contributed by atoms with Crippen LogP contribution in [0.2, 0.25) is 0 Å². The number of amides is 1. The smallest absolute Gasteiger partial charge is 0.251 e. The third-order valence-corrected chi connectivity index (χ3v) is 3.43. The van der Waals surface area contributed by atoms with Crippen LogP contribution in [0.4, 0.5) is 0 Å². The molecule has 0 radical (unpaired) electrons. The van der Waals surface area contributed by atoms with E-state index in [4.69, 9.17) is 4.74 Å². The van der Waals surface area contributed by atoms with E-state index in [1.807, 2.05) is 16.8 Å². The van der Waals surface area contributed by atoms with Crippen LogP contribution in [0.15, 0.2) is 23.0 Å². The molecule has 2 N–H and O–H groups in total. The maximum Gasteiger partial charge on any atom is 0.251 e. The van der Waals surface area contributed by atoms with E-state index in [2.05, 4.69) is 15.5 Å². The second-order valence-electron chi connectivity index (χ2n) is 3.88. The molecule has 0 aliphatic carbocycles. The van der Waals surface area contributed by atoms with Crippen LogP contribution in [0.5, 0.6) is 0 Å². The number of carbonyl (C=O) groups excluding carboxylic acids is 1. The number of nitrogens with zero attached hydrogens (tertiary/aromatic N) is 1. The van der Waals surface area contributed by atoms with Crippen LogP contribution < -0.4 is 5.32 Å². The number of ether oxygens (including phenoxy) is 1. The van der Waals surface area contributed by atoms with Gasteiger partial charge in [0.1, 0.15) is 6.10 Å². The first-order valence-corrected chi connectivity index (χ1v) is 6.21. The number of rotatable bonds is 2. The number of nitrogens with one attached hydrogen (secondary N) is 2. The summed E-state index contributed by atoms with van der Waals surface area (Å²) in [5, 5.41) is 13.8. The van der Waals surface area contributed by atoms with Gasteiger partial charge in [0.05, 0.1) is 11.9 Å². The van der Waals surface area contributed by atoms with Crippen LogP contribution in [0.25, 0.3) is 11.3 Å². The normalized spacial score (nSPS) is 23.9. The number of carbonyl (C=O) groups is 1. The molecule has 17 heavy (non-hydrogen) atoms. The standard InChI is InChI=1S/C11H11N3O2S/c1-6-10(15)13-11(16-6)8-4-12-14-9(8)7-2-3-17-5-7/h2-6,11H,1H3,(H,12,14)(H,13,15). The first-order valence-electron chi connectivity index (χ1n) is 5.27. The van der Waals surface area contributed by atoms with Crippen molar-refractivity contribution in [3.63, 3.8) is 0 Å². The number of hydrogen-bond donors (Lipinski definition) is 2. The molecule has 2 aromatic heterocycles. The summed E-state index contributed by atoms with van der Waals surface area (Å²) in [5.41, 5.74) is 2.81. The van der Waals surface area contributed by atoms with E-state index >= 15 is 0 Å². The van der Waals surface area contributed by atoms with Crippen molar-refractivity contribution in [1.29, 1.82) is 0 Å². The minimum Gasteiger partial charge on any atom is -0.341 e. The lowest BCUT2D eigenvalue weighted by Crippen LogP contribution is -2.22. The second-order valence-corrected chi connectivity index (χ2v) is 4.66. The van der Waals surface area contributed by atoms with Gasteiger partial charge in [-0.25, -0.2) is 0 Å². The third kappa shape index (κ3) is 1.75. The Morgan fingerprint density at radius 2 is 2.41 bits per heavy atom. The van der Waals surface area contributed by atoms with Gasteiger partial charge in [-0.15, -0.1) is 0 Å². The number of aromatic amines is 1. The molecule has 1 saturated heterocycles. The van der Waals surface area contributed by atoms with Crippen LogP contribution >= 0.6 is 11.3 Å². The lowest BCUT2D eigenvalue weighted by atomic mass is 10.1. The Bertz CT molecular complexity index is 535. The van der Waals surface area contributed by atoms with Crippen molar-refractivity contribution in [3.05, 3.63) is 28.6 Å². The van der Waals surface area contributed by atoms with Crippen molar-refractivity contribution in [2.24, 2.45) is 0 Å². The van der Waals surface area contributed by atoms with Gasteiger partial charge in [0.25, 0.3) is 5.91 Å². The monoisotopic (exact) mass is 249 g/mol. The summed E-state index contributed by atoms with van der Waals surface area (Å²) in [7, 11) is 0. The molecule has 2 aromatic rings. The highest BCUT2D eigenvalue weighted by Gasteiger charge is 2.32. The van der Waals surface area contributed by atoms with Crippen LogP contribution in [0.3, 0.4) is 0 Å². The zero-order chi connectivity index (χ0) is 11.8. The first kappa shape index (κ1) is 10.5. The van der Waals surface area contributed by atoms with Crippen molar-refractivity contribution >= 4 is 17.2 Å². The number of aromatic nitrogens is 2. The number of hydrogen-bond acceptors (Lipinski definition) is 4. The van der Waals surface area contributed by atoms with Gasteiger partial charge in [0.2, 0.25) is 0 Å². The second kappa shape index (κ2) is 3.97. The molecule has 1 fully saturated rings. The zero-order valence-corrected chi connectivity index (χ0v) is 9.95. The lowest BCUT2D eigenvalue weighted by Gasteiger charge is -2.09. The van der Waals surface area contributed by atoms with Gasteiger partial charge in [-0.05, 0) is 18.4 Å². The van der Waals surface area contributed by atoms with Gasteiger partial charge in [-0.3, -0.25) is 9.89 Å². The fourth-order valence-electron chi connectivity index (χ4n) is 1.83. The van der Waals surface area contributed by atoms with Crippen molar-refractivity contribution in [2.45, 2.75) is 19.3 Å². The molecule has 0 bridgehead atoms. The predicted octanol–water partition coefficient (Wildman–Crippen LogP) is 1.67. The Morgan fingerprint density at radius 3 is 3.06 bits per heavy atom. The van der Waals surface area contributed by atoms with Crippen LogP contribution in [0.1, 0.15) is 18.7 Å². The molecular weight excluding hydrogens is 238 g/mol. The van der Waals surface area contributed by atoms with Gasteiger partial charge in [-0.2, -0.15) is 16.4 Å². The Balaban J connectivity index is 1.95. The molecule has 2 unspecified atom stereocenters. The Labute approximate surface area is 102 Å². The summed E-state index contributed by atoms with van der Waals surface area (Å²) >= 11 is 1.61. The average molecular weight is 249 g/mol. The van der Waals surface area contributed by atoms with Crippen molar-refractivity contribution < 1.29 is 9.53 Å². The summed E-state index contributed by atoms with van der Waals surface area (Å²) < 4.78 is 5.54. The molecule has 2 atom stereocenters. The van der Waals surface area contributed by atoms with Gasteiger partial charge in [-0.1, -0.05) is 0 Å². The van der Waals surface area contributed by atoms with Crippen LogP contribution in [0, 0.1) is 0 Å². The van der Waals surface area contributed by atoms with Gasteiger partial charge in [0.15, 0.2) is 6.23 Å². The molecule has 88 valence electrons. The predicted molar refractivity (Wildman–Crippen MR) is 63.3 cm³/mol. The van der Waals surface area contributed by atoms with Crippen LogP contribution in [-0.4, -0.2) is 22.2 Å². The van der Waals surface area contributed by atoms with Crippen molar-refractivity contribution in [3.8, 4) is 11.3 Å². The molecule has 3 heterocycles. The summed E-state index contributed by atoms with van der Waals surface area (Å²) in [6.45, 7) is 1.74. The molecule has 6 heteroatoms. The fraction of sp³-hybridized carbons (Fsp3) is 0.273.